The number of benzene rings is 4. The lowest BCUT2D eigenvalue weighted by molar-refractivity contribution is 0.00703. The van der Waals surface area contributed by atoms with Crippen LogP contribution < -0.4 is 5.32 Å². The Hall–Kier alpha value is -4.64. The predicted octanol–water partition coefficient (Wildman–Crippen LogP) is 8.19. The first-order valence-corrected chi connectivity index (χ1v) is 14.1. The fraction of sp³-hybridized carbons (Fsp3) is 0.222. The lowest BCUT2D eigenvalue weighted by Crippen LogP contribution is -2.30. The van der Waals surface area contributed by atoms with E-state index < -0.39 is 5.60 Å². The van der Waals surface area contributed by atoms with Crippen molar-refractivity contribution in [2.75, 3.05) is 0 Å². The summed E-state index contributed by atoms with van der Waals surface area (Å²) in [6.45, 7) is 8.18. The van der Waals surface area contributed by atoms with Crippen molar-refractivity contribution in [1.29, 1.82) is 0 Å². The van der Waals surface area contributed by atoms with Gasteiger partial charge in [-0.3, -0.25) is 4.79 Å². The number of nitrogens with one attached hydrogen (secondary N) is 1. The molecule has 1 heterocycles. The number of ether oxygens (including phenoxy) is 1. The van der Waals surface area contributed by atoms with Crippen molar-refractivity contribution in [2.24, 2.45) is 0 Å². The molecule has 0 saturated heterocycles. The summed E-state index contributed by atoms with van der Waals surface area (Å²) >= 11 is 0. The Bertz CT molecular complexity index is 1680. The molecule has 1 aromatic heterocycles. The number of hydrogen-bond acceptors (Lipinski definition) is 3. The molecule has 0 spiro atoms. The first kappa shape index (κ1) is 27.9. The van der Waals surface area contributed by atoms with Crippen molar-refractivity contribution in [1.82, 2.24) is 9.88 Å². The van der Waals surface area contributed by atoms with Crippen LogP contribution in [0.15, 0.2) is 109 Å². The molecule has 5 rings (SSSR count). The number of fused-ring (bicyclic) bond motifs is 1. The molecule has 208 valence electrons. The van der Waals surface area contributed by atoms with Crippen LogP contribution in [0.25, 0.3) is 22.0 Å². The zero-order valence-corrected chi connectivity index (χ0v) is 24.1. The average molecular weight is 545 g/mol. The summed E-state index contributed by atoms with van der Waals surface area (Å²) in [4.78, 5) is 26.7. The van der Waals surface area contributed by atoms with Gasteiger partial charge in [0, 0.05) is 17.4 Å². The third-order valence-corrected chi connectivity index (χ3v) is 7.08. The zero-order chi connectivity index (χ0) is 29.0. The molecule has 0 aliphatic rings. The summed E-state index contributed by atoms with van der Waals surface area (Å²) in [6, 6.07) is 35.6. The molecular weight excluding hydrogens is 508 g/mol. The van der Waals surface area contributed by atoms with Crippen molar-refractivity contribution in [2.45, 2.75) is 52.3 Å². The summed E-state index contributed by atoms with van der Waals surface area (Å²) < 4.78 is 7.75. The van der Waals surface area contributed by atoms with Crippen molar-refractivity contribution >= 4 is 22.8 Å². The number of para-hydroxylation sites is 1. The first-order valence-electron chi connectivity index (χ1n) is 14.1. The Morgan fingerprint density at radius 2 is 1.54 bits per heavy atom. The molecule has 5 nitrogen and oxygen atoms in total. The highest BCUT2D eigenvalue weighted by Gasteiger charge is 2.22. The number of aromatic nitrogens is 1. The second kappa shape index (κ2) is 11.8. The van der Waals surface area contributed by atoms with Crippen molar-refractivity contribution in [3.05, 3.63) is 132 Å². The molecular formula is C36H36N2O3. The van der Waals surface area contributed by atoms with E-state index in [-0.39, 0.29) is 17.9 Å². The third-order valence-electron chi connectivity index (χ3n) is 7.08. The molecule has 0 bridgehead atoms. The number of rotatable bonds is 8. The molecule has 0 fully saturated rings. The quantitative estimate of drug-likeness (QED) is 0.200. The SMILES string of the molecule is CC[C@H](NC(=O)c1cc2ccccc2n1Cc1cccc(-c2ccccc2C(=O)OC(C)(C)C)c1)c1ccccc1. The van der Waals surface area contributed by atoms with Crippen LogP contribution in [0, 0.1) is 0 Å². The van der Waals surface area contributed by atoms with E-state index >= 15 is 0 Å². The monoisotopic (exact) mass is 544 g/mol. The first-order chi connectivity index (χ1) is 19.7. The van der Waals surface area contributed by atoms with Gasteiger partial charge in [-0.15, -0.1) is 0 Å². The van der Waals surface area contributed by atoms with Crippen LogP contribution in [-0.2, 0) is 11.3 Å². The summed E-state index contributed by atoms with van der Waals surface area (Å²) in [5, 5.41) is 4.26. The molecule has 1 N–H and O–H groups in total. The highest BCUT2D eigenvalue weighted by molar-refractivity contribution is 5.99. The van der Waals surface area contributed by atoms with Gasteiger partial charge in [-0.1, -0.05) is 91.9 Å². The van der Waals surface area contributed by atoms with Crippen LogP contribution in [-0.4, -0.2) is 22.0 Å². The smallest absolute Gasteiger partial charge is 0.339 e. The van der Waals surface area contributed by atoms with Crippen molar-refractivity contribution in [3.8, 4) is 11.1 Å². The number of nitrogens with zero attached hydrogens (tertiary/aromatic N) is 1. The minimum Gasteiger partial charge on any atom is -0.456 e. The average Bonchev–Trinajstić information content (AvgIpc) is 3.34. The fourth-order valence-electron chi connectivity index (χ4n) is 5.17. The maximum atomic E-state index is 13.7. The molecule has 0 unspecified atom stereocenters. The van der Waals surface area contributed by atoms with Gasteiger partial charge in [0.2, 0.25) is 0 Å². The number of hydrogen-bond donors (Lipinski definition) is 1. The Kier molecular flexibility index (Phi) is 8.06. The molecule has 1 amide bonds. The van der Waals surface area contributed by atoms with Gasteiger partial charge >= 0.3 is 5.97 Å². The fourth-order valence-corrected chi connectivity index (χ4v) is 5.17. The van der Waals surface area contributed by atoms with Crippen molar-refractivity contribution in [3.63, 3.8) is 0 Å². The van der Waals surface area contributed by atoms with E-state index in [1.807, 2.05) is 112 Å². The summed E-state index contributed by atoms with van der Waals surface area (Å²) in [7, 11) is 0. The highest BCUT2D eigenvalue weighted by atomic mass is 16.6. The molecule has 4 aromatic carbocycles. The summed E-state index contributed by atoms with van der Waals surface area (Å²) in [5.41, 5.74) is 5.38. The van der Waals surface area contributed by atoms with Gasteiger partial charge in [0.05, 0.1) is 11.6 Å². The maximum absolute atomic E-state index is 13.7. The normalized spacial score (nSPS) is 12.2. The lowest BCUT2D eigenvalue weighted by atomic mass is 9.98. The maximum Gasteiger partial charge on any atom is 0.339 e. The third kappa shape index (κ3) is 6.41. The second-order valence-corrected chi connectivity index (χ2v) is 11.3. The number of esters is 1. The Labute approximate surface area is 241 Å². The molecule has 0 aliphatic heterocycles. The molecule has 5 heteroatoms. The zero-order valence-electron chi connectivity index (χ0n) is 24.1. The lowest BCUT2D eigenvalue weighted by Gasteiger charge is -2.21. The van der Waals surface area contributed by atoms with Crippen LogP contribution in [0.3, 0.4) is 0 Å². The minimum absolute atomic E-state index is 0.0807. The Balaban J connectivity index is 1.48. The molecule has 1 atom stereocenters. The minimum atomic E-state index is -0.588. The standard InChI is InChI=1S/C36H36N2O3/c1-5-31(26-15-7-6-8-16-26)37-34(39)33-23-28-17-9-12-21-32(28)38(33)24-25-14-13-18-27(22-25)29-19-10-11-20-30(29)35(40)41-36(2,3)4/h6-23,31H,5,24H2,1-4H3,(H,37,39)/t31-/m0/s1. The van der Waals surface area contributed by atoms with Crippen LogP contribution in [0.1, 0.15) is 72.1 Å². The van der Waals surface area contributed by atoms with Crippen LogP contribution in [0.2, 0.25) is 0 Å². The Morgan fingerprint density at radius 1 is 0.829 bits per heavy atom. The number of carbonyl (C=O) groups excluding carboxylic acids is 2. The van der Waals surface area contributed by atoms with Gasteiger partial charge in [-0.25, -0.2) is 4.79 Å². The largest absolute Gasteiger partial charge is 0.456 e. The van der Waals surface area contributed by atoms with E-state index in [9.17, 15) is 9.59 Å². The van der Waals surface area contributed by atoms with Crippen LogP contribution in [0.5, 0.6) is 0 Å². The van der Waals surface area contributed by atoms with E-state index in [4.69, 9.17) is 4.74 Å². The summed E-state index contributed by atoms with van der Waals surface area (Å²) in [6.07, 6.45) is 0.787. The van der Waals surface area contributed by atoms with Crippen LogP contribution in [0.4, 0.5) is 0 Å². The van der Waals surface area contributed by atoms with E-state index in [0.717, 1.165) is 39.6 Å². The van der Waals surface area contributed by atoms with E-state index in [2.05, 4.69) is 28.9 Å². The van der Waals surface area contributed by atoms with Crippen LogP contribution >= 0.6 is 0 Å². The van der Waals surface area contributed by atoms with Gasteiger partial charge in [0.15, 0.2) is 0 Å². The topological polar surface area (TPSA) is 60.3 Å². The summed E-state index contributed by atoms with van der Waals surface area (Å²) in [5.74, 6) is -0.457. The van der Waals surface area contributed by atoms with E-state index in [0.29, 0.717) is 17.8 Å². The van der Waals surface area contributed by atoms with Gasteiger partial charge in [-0.2, -0.15) is 0 Å². The van der Waals surface area contributed by atoms with Gasteiger partial charge in [0.25, 0.3) is 5.91 Å². The molecule has 0 saturated carbocycles. The highest BCUT2D eigenvalue weighted by Crippen LogP contribution is 2.28. The van der Waals surface area contributed by atoms with Gasteiger partial charge in [-0.05, 0) is 73.7 Å². The van der Waals surface area contributed by atoms with Gasteiger partial charge in [0.1, 0.15) is 11.3 Å². The Morgan fingerprint density at radius 3 is 2.29 bits per heavy atom. The van der Waals surface area contributed by atoms with E-state index in [1.165, 1.54) is 0 Å². The predicted molar refractivity (Wildman–Crippen MR) is 165 cm³/mol. The number of carbonyl (C=O) groups is 2. The molecule has 41 heavy (non-hydrogen) atoms. The van der Waals surface area contributed by atoms with Gasteiger partial charge < -0.3 is 14.6 Å². The van der Waals surface area contributed by atoms with E-state index in [1.54, 1.807) is 6.07 Å². The molecule has 5 aromatic rings. The second-order valence-electron chi connectivity index (χ2n) is 11.3. The van der Waals surface area contributed by atoms with Crippen molar-refractivity contribution < 1.29 is 14.3 Å². The molecule has 0 radical (unpaired) electrons. The molecule has 0 aliphatic carbocycles. The number of amides is 1.